The van der Waals surface area contributed by atoms with E-state index in [1.807, 2.05) is 0 Å². The summed E-state index contributed by atoms with van der Waals surface area (Å²) in [4.78, 5) is 0. The van der Waals surface area contributed by atoms with E-state index in [2.05, 4.69) is 109 Å². The van der Waals surface area contributed by atoms with E-state index < -0.39 is 0 Å². The molecule has 0 aromatic heterocycles. The van der Waals surface area contributed by atoms with Crippen molar-refractivity contribution < 1.29 is 0 Å². The molecule has 1 N–H and O–H groups in total. The lowest BCUT2D eigenvalue weighted by Gasteiger charge is -2.20. The van der Waals surface area contributed by atoms with E-state index in [1.165, 1.54) is 14.7 Å². The van der Waals surface area contributed by atoms with Crippen LogP contribution in [0.4, 0.5) is 0 Å². The summed E-state index contributed by atoms with van der Waals surface area (Å²) in [7, 11) is 0. The van der Waals surface area contributed by atoms with Gasteiger partial charge in [0.15, 0.2) is 0 Å². The van der Waals surface area contributed by atoms with E-state index in [-0.39, 0.29) is 6.04 Å². The highest BCUT2D eigenvalue weighted by Gasteiger charge is 2.16. The minimum atomic E-state index is 0.210. The summed E-state index contributed by atoms with van der Waals surface area (Å²) in [5.74, 6) is 0. The zero-order valence-electron chi connectivity index (χ0n) is 10.5. The largest absolute Gasteiger partial charge is 0.306 e. The van der Waals surface area contributed by atoms with Gasteiger partial charge in [-0.05, 0) is 70.6 Å². The van der Waals surface area contributed by atoms with E-state index in [4.69, 9.17) is 0 Å². The molecule has 0 aliphatic carbocycles. The van der Waals surface area contributed by atoms with E-state index in [9.17, 15) is 0 Å². The third kappa shape index (κ3) is 4.03. The summed E-state index contributed by atoms with van der Waals surface area (Å²) >= 11 is 9.50. The fourth-order valence-corrected chi connectivity index (χ4v) is 3.26. The predicted octanol–water partition coefficient (Wildman–Crippen LogP) is 5.52. The second-order valence-corrected chi connectivity index (χ2v) is 7.22. The zero-order chi connectivity index (χ0) is 13.8. The Morgan fingerprint density at radius 2 is 1.79 bits per heavy atom. The molecule has 1 unspecified atom stereocenters. The third-order valence-corrected chi connectivity index (χ3v) is 4.80. The van der Waals surface area contributed by atoms with Gasteiger partial charge in [0.2, 0.25) is 0 Å². The Balaban J connectivity index is 2.44. The molecule has 0 saturated carbocycles. The monoisotopic (exact) mass is 493 g/mol. The first-order chi connectivity index (χ1) is 9.11. The number of nitrogens with one attached hydrogen (secondary N) is 1. The number of benzene rings is 2. The van der Waals surface area contributed by atoms with E-state index >= 15 is 0 Å². The number of halogens is 3. The molecule has 2 rings (SSSR count). The maximum absolute atomic E-state index is 3.66. The minimum absolute atomic E-state index is 0.210. The van der Waals surface area contributed by atoms with Crippen LogP contribution in [0.15, 0.2) is 51.4 Å². The predicted molar refractivity (Wildman–Crippen MR) is 96.5 cm³/mol. The topological polar surface area (TPSA) is 12.0 Å². The molecule has 0 bridgehead atoms. The van der Waals surface area contributed by atoms with Gasteiger partial charge in [-0.25, -0.2) is 0 Å². The molecule has 0 heterocycles. The molecular formula is C15H14Br2IN. The van der Waals surface area contributed by atoms with Crippen LogP contribution < -0.4 is 5.32 Å². The van der Waals surface area contributed by atoms with Crippen molar-refractivity contribution in [1.82, 2.24) is 5.32 Å². The van der Waals surface area contributed by atoms with Crippen LogP contribution in [0.1, 0.15) is 24.1 Å². The molecule has 0 aliphatic rings. The second-order valence-electron chi connectivity index (χ2n) is 4.21. The van der Waals surface area contributed by atoms with Gasteiger partial charge in [-0.2, -0.15) is 0 Å². The molecular weight excluding hydrogens is 481 g/mol. The standard InChI is InChI=1S/C15H14Br2IN/c1-2-19-15(10-3-5-11(16)6-4-10)13-9-12(18)7-8-14(13)17/h3-9,15,19H,2H2,1H3. The summed E-state index contributed by atoms with van der Waals surface area (Å²) < 4.78 is 3.49. The van der Waals surface area contributed by atoms with Crippen LogP contribution in [-0.2, 0) is 0 Å². The van der Waals surface area contributed by atoms with Gasteiger partial charge in [0.25, 0.3) is 0 Å². The number of hydrogen-bond acceptors (Lipinski definition) is 1. The zero-order valence-corrected chi connectivity index (χ0v) is 15.8. The summed E-state index contributed by atoms with van der Waals surface area (Å²) in [6, 6.07) is 15.1. The van der Waals surface area contributed by atoms with E-state index in [1.54, 1.807) is 0 Å². The molecule has 0 amide bonds. The Morgan fingerprint density at radius 3 is 2.42 bits per heavy atom. The fourth-order valence-electron chi connectivity index (χ4n) is 2.00. The van der Waals surface area contributed by atoms with Crippen molar-refractivity contribution in [2.24, 2.45) is 0 Å². The quantitative estimate of drug-likeness (QED) is 0.552. The lowest BCUT2D eigenvalue weighted by Crippen LogP contribution is -2.22. The van der Waals surface area contributed by atoms with Crippen molar-refractivity contribution in [3.8, 4) is 0 Å². The molecule has 1 nitrogen and oxygen atoms in total. The van der Waals surface area contributed by atoms with Gasteiger partial charge in [0.1, 0.15) is 0 Å². The van der Waals surface area contributed by atoms with Crippen molar-refractivity contribution in [1.29, 1.82) is 0 Å². The van der Waals surface area contributed by atoms with Gasteiger partial charge in [-0.15, -0.1) is 0 Å². The first-order valence-corrected chi connectivity index (χ1v) is 8.72. The molecule has 1 atom stereocenters. The molecule has 0 radical (unpaired) electrons. The second kappa shape index (κ2) is 7.20. The van der Waals surface area contributed by atoms with Crippen LogP contribution in [0, 0.1) is 3.57 Å². The molecule has 4 heteroatoms. The SMILES string of the molecule is CCNC(c1ccc(Br)cc1)c1cc(I)ccc1Br. The average molecular weight is 495 g/mol. The Labute approximate surface area is 144 Å². The van der Waals surface area contributed by atoms with Crippen molar-refractivity contribution >= 4 is 54.5 Å². The summed E-state index contributed by atoms with van der Waals surface area (Å²) in [6.07, 6.45) is 0. The first kappa shape index (κ1) is 15.5. The maximum atomic E-state index is 3.66. The average Bonchev–Trinajstić information content (AvgIpc) is 2.40. The van der Waals surface area contributed by atoms with Crippen LogP contribution in [0.3, 0.4) is 0 Å². The lowest BCUT2D eigenvalue weighted by molar-refractivity contribution is 0.628. The molecule has 0 aliphatic heterocycles. The number of hydrogen-bond donors (Lipinski definition) is 1. The number of rotatable bonds is 4. The van der Waals surface area contributed by atoms with Gasteiger partial charge in [0, 0.05) is 12.5 Å². The van der Waals surface area contributed by atoms with Crippen LogP contribution in [0.25, 0.3) is 0 Å². The van der Waals surface area contributed by atoms with E-state index in [0.29, 0.717) is 0 Å². The Bertz CT molecular complexity index is 555. The van der Waals surface area contributed by atoms with Crippen LogP contribution >= 0.6 is 54.5 Å². The Hall–Kier alpha value is 0.0900. The first-order valence-electron chi connectivity index (χ1n) is 6.05. The molecule has 0 spiro atoms. The van der Waals surface area contributed by atoms with Gasteiger partial charge in [-0.1, -0.05) is 50.9 Å². The summed E-state index contributed by atoms with van der Waals surface area (Å²) in [6.45, 7) is 3.06. The van der Waals surface area contributed by atoms with Crippen LogP contribution in [0.5, 0.6) is 0 Å². The smallest absolute Gasteiger partial charge is 0.0588 e. The molecule has 19 heavy (non-hydrogen) atoms. The van der Waals surface area contributed by atoms with Crippen molar-refractivity contribution in [2.75, 3.05) is 6.54 Å². The highest BCUT2D eigenvalue weighted by atomic mass is 127. The van der Waals surface area contributed by atoms with Gasteiger partial charge >= 0.3 is 0 Å². The van der Waals surface area contributed by atoms with Gasteiger partial charge in [-0.3, -0.25) is 0 Å². The lowest BCUT2D eigenvalue weighted by atomic mass is 9.99. The maximum Gasteiger partial charge on any atom is 0.0588 e. The minimum Gasteiger partial charge on any atom is -0.306 e. The fraction of sp³-hybridized carbons (Fsp3) is 0.200. The molecule has 0 fully saturated rings. The molecule has 100 valence electrons. The third-order valence-electron chi connectivity index (χ3n) is 2.88. The normalized spacial score (nSPS) is 12.4. The summed E-state index contributed by atoms with van der Waals surface area (Å²) in [5.41, 5.74) is 2.55. The van der Waals surface area contributed by atoms with Gasteiger partial charge < -0.3 is 5.32 Å². The highest BCUT2D eigenvalue weighted by Crippen LogP contribution is 2.30. The van der Waals surface area contributed by atoms with Gasteiger partial charge in [0.05, 0.1) is 6.04 Å². The van der Waals surface area contributed by atoms with E-state index in [0.717, 1.165) is 15.5 Å². The highest BCUT2D eigenvalue weighted by molar-refractivity contribution is 14.1. The molecule has 2 aromatic carbocycles. The van der Waals surface area contributed by atoms with Crippen LogP contribution in [-0.4, -0.2) is 6.54 Å². The molecule has 2 aromatic rings. The van der Waals surface area contributed by atoms with Crippen LogP contribution in [0.2, 0.25) is 0 Å². The Morgan fingerprint density at radius 1 is 1.11 bits per heavy atom. The Kier molecular flexibility index (Phi) is 5.87. The summed E-state index contributed by atoms with van der Waals surface area (Å²) in [5, 5.41) is 3.55. The molecule has 0 saturated heterocycles. The van der Waals surface area contributed by atoms with Crippen molar-refractivity contribution in [3.63, 3.8) is 0 Å². The van der Waals surface area contributed by atoms with Crippen molar-refractivity contribution in [3.05, 3.63) is 66.1 Å². The van der Waals surface area contributed by atoms with Crippen molar-refractivity contribution in [2.45, 2.75) is 13.0 Å².